The van der Waals surface area contributed by atoms with E-state index >= 15 is 0 Å². The molecule has 0 fully saturated rings. The fraction of sp³-hybridized carbons (Fsp3) is 0.125. The van der Waals surface area contributed by atoms with Gasteiger partial charge in [-0.1, -0.05) is 29.8 Å². The molecule has 4 nitrogen and oxygen atoms in total. The van der Waals surface area contributed by atoms with E-state index in [0.29, 0.717) is 27.5 Å². The molecule has 0 unspecified atom stereocenters. The van der Waals surface area contributed by atoms with Gasteiger partial charge in [0, 0.05) is 10.6 Å². The Labute approximate surface area is 173 Å². The summed E-state index contributed by atoms with van der Waals surface area (Å²) in [4.78, 5) is 13.2. The minimum Gasteiger partial charge on any atom is -0.497 e. The number of hydrogen-bond acceptors (Lipinski definition) is 4. The summed E-state index contributed by atoms with van der Waals surface area (Å²) in [7, 11) is 1.60. The van der Waals surface area contributed by atoms with Crippen LogP contribution in [0.4, 0.5) is 0 Å². The maximum Gasteiger partial charge on any atom is 0.235 e. The number of fused-ring (bicyclic) bond motifs is 1. The lowest BCUT2D eigenvalue weighted by Gasteiger charge is -2.12. The number of aryl methyl sites for hydroxylation is 1. The van der Waals surface area contributed by atoms with Crippen LogP contribution < -0.4 is 14.9 Å². The average molecular weight is 407 g/mol. The van der Waals surface area contributed by atoms with Gasteiger partial charge in [0.15, 0.2) is 5.76 Å². The van der Waals surface area contributed by atoms with Crippen molar-refractivity contribution in [3.05, 3.63) is 93.1 Å². The van der Waals surface area contributed by atoms with E-state index in [1.807, 2.05) is 55.5 Å². The lowest BCUT2D eigenvalue weighted by molar-refractivity contribution is 0.298. The van der Waals surface area contributed by atoms with Crippen LogP contribution in [-0.2, 0) is 6.61 Å². The van der Waals surface area contributed by atoms with E-state index in [4.69, 9.17) is 25.5 Å². The van der Waals surface area contributed by atoms with Crippen LogP contribution >= 0.6 is 11.6 Å². The Morgan fingerprint density at radius 3 is 2.52 bits per heavy atom. The predicted molar refractivity (Wildman–Crippen MR) is 115 cm³/mol. The quantitative estimate of drug-likeness (QED) is 0.407. The van der Waals surface area contributed by atoms with Gasteiger partial charge in [0.2, 0.25) is 11.2 Å². The van der Waals surface area contributed by atoms with E-state index in [1.54, 1.807) is 25.3 Å². The van der Waals surface area contributed by atoms with Crippen LogP contribution in [-0.4, -0.2) is 7.11 Å². The van der Waals surface area contributed by atoms with E-state index < -0.39 is 0 Å². The van der Waals surface area contributed by atoms with Gasteiger partial charge in [0.25, 0.3) is 0 Å². The van der Waals surface area contributed by atoms with Crippen LogP contribution in [0.1, 0.15) is 11.1 Å². The first-order chi connectivity index (χ1) is 14.0. The smallest absolute Gasteiger partial charge is 0.235 e. The van der Waals surface area contributed by atoms with Gasteiger partial charge in [0.1, 0.15) is 17.9 Å². The standard InChI is InChI=1S/C24H19ClO4/c1-15-6-11-20-21(12-15)29-23(17-7-9-19(27-2)10-8-17)24(22(20)26)28-14-16-4-3-5-18(25)13-16/h3-13H,14H2,1-2H3. The van der Waals surface area contributed by atoms with Gasteiger partial charge in [-0.25, -0.2) is 0 Å². The van der Waals surface area contributed by atoms with Crippen molar-refractivity contribution in [3.8, 4) is 22.8 Å². The predicted octanol–water partition coefficient (Wildman–Crippen LogP) is 6.01. The zero-order valence-corrected chi connectivity index (χ0v) is 16.8. The maximum atomic E-state index is 13.2. The molecule has 0 aliphatic rings. The Morgan fingerprint density at radius 2 is 1.79 bits per heavy atom. The largest absolute Gasteiger partial charge is 0.497 e. The molecule has 1 heterocycles. The summed E-state index contributed by atoms with van der Waals surface area (Å²) in [6, 6.07) is 20.1. The molecule has 1 aromatic heterocycles. The summed E-state index contributed by atoms with van der Waals surface area (Å²) in [5.74, 6) is 1.28. The third-order valence-corrected chi connectivity index (χ3v) is 4.87. The summed E-state index contributed by atoms with van der Waals surface area (Å²) in [6.45, 7) is 2.15. The van der Waals surface area contributed by atoms with E-state index in [0.717, 1.165) is 16.7 Å². The Morgan fingerprint density at radius 1 is 1.00 bits per heavy atom. The maximum absolute atomic E-state index is 13.2. The summed E-state index contributed by atoms with van der Waals surface area (Å²) in [5.41, 5.74) is 2.91. The Kier molecular flexibility index (Phi) is 5.28. The minimum atomic E-state index is -0.209. The zero-order chi connectivity index (χ0) is 20.4. The van der Waals surface area contributed by atoms with E-state index in [-0.39, 0.29) is 17.8 Å². The first kappa shape index (κ1) is 19.1. The third kappa shape index (κ3) is 3.98. The molecule has 0 spiro atoms. The van der Waals surface area contributed by atoms with Gasteiger partial charge in [0.05, 0.1) is 12.5 Å². The van der Waals surface area contributed by atoms with Gasteiger partial charge < -0.3 is 13.9 Å². The highest BCUT2D eigenvalue weighted by Crippen LogP contribution is 2.32. The molecule has 146 valence electrons. The van der Waals surface area contributed by atoms with Crippen LogP contribution in [0.5, 0.6) is 11.5 Å². The second-order valence-corrected chi connectivity index (χ2v) is 7.17. The monoisotopic (exact) mass is 406 g/mol. The van der Waals surface area contributed by atoms with Gasteiger partial charge in [-0.3, -0.25) is 4.79 Å². The molecule has 0 aliphatic heterocycles. The van der Waals surface area contributed by atoms with Gasteiger partial charge in [-0.2, -0.15) is 0 Å². The lowest BCUT2D eigenvalue weighted by atomic mass is 10.1. The van der Waals surface area contributed by atoms with E-state index in [9.17, 15) is 4.79 Å². The van der Waals surface area contributed by atoms with Crippen LogP contribution in [0.15, 0.2) is 75.9 Å². The van der Waals surface area contributed by atoms with Crippen LogP contribution in [0, 0.1) is 6.92 Å². The van der Waals surface area contributed by atoms with Crippen molar-refractivity contribution < 1.29 is 13.9 Å². The van der Waals surface area contributed by atoms with Crippen molar-refractivity contribution in [1.29, 1.82) is 0 Å². The van der Waals surface area contributed by atoms with Crippen molar-refractivity contribution in [2.24, 2.45) is 0 Å². The number of rotatable bonds is 5. The summed E-state index contributed by atoms with van der Waals surface area (Å²) in [5, 5.41) is 1.09. The molecule has 0 N–H and O–H groups in total. The highest BCUT2D eigenvalue weighted by atomic mass is 35.5. The topological polar surface area (TPSA) is 48.7 Å². The molecule has 0 aliphatic carbocycles. The first-order valence-electron chi connectivity index (χ1n) is 9.14. The molecule has 0 saturated carbocycles. The van der Waals surface area contributed by atoms with Crippen LogP contribution in [0.25, 0.3) is 22.3 Å². The number of benzene rings is 3. The van der Waals surface area contributed by atoms with Crippen molar-refractivity contribution in [3.63, 3.8) is 0 Å². The van der Waals surface area contributed by atoms with Crippen molar-refractivity contribution in [2.45, 2.75) is 13.5 Å². The SMILES string of the molecule is COc1ccc(-c2oc3cc(C)ccc3c(=O)c2OCc2cccc(Cl)c2)cc1. The van der Waals surface area contributed by atoms with Crippen molar-refractivity contribution in [2.75, 3.05) is 7.11 Å². The third-order valence-electron chi connectivity index (χ3n) is 4.63. The molecule has 3 aromatic carbocycles. The van der Waals surface area contributed by atoms with Crippen molar-refractivity contribution in [1.82, 2.24) is 0 Å². The number of hydrogen-bond donors (Lipinski definition) is 0. The molecule has 4 aromatic rings. The number of methoxy groups -OCH3 is 1. The first-order valence-corrected chi connectivity index (χ1v) is 9.52. The lowest BCUT2D eigenvalue weighted by Crippen LogP contribution is -2.10. The second kappa shape index (κ2) is 8.02. The molecular formula is C24H19ClO4. The minimum absolute atomic E-state index is 0.173. The highest BCUT2D eigenvalue weighted by molar-refractivity contribution is 6.30. The Balaban J connectivity index is 1.84. The van der Waals surface area contributed by atoms with E-state index in [2.05, 4.69) is 0 Å². The molecule has 0 radical (unpaired) electrons. The molecule has 4 rings (SSSR count). The fourth-order valence-electron chi connectivity index (χ4n) is 3.13. The average Bonchev–Trinajstić information content (AvgIpc) is 2.73. The molecule has 29 heavy (non-hydrogen) atoms. The summed E-state index contributed by atoms with van der Waals surface area (Å²) in [6.07, 6.45) is 0. The molecule has 5 heteroatoms. The Bertz CT molecular complexity index is 1230. The summed E-state index contributed by atoms with van der Waals surface area (Å²) < 4.78 is 17.3. The van der Waals surface area contributed by atoms with Gasteiger partial charge in [-0.05, 0) is 66.6 Å². The van der Waals surface area contributed by atoms with Crippen LogP contribution in [0.2, 0.25) is 5.02 Å². The van der Waals surface area contributed by atoms with Gasteiger partial charge in [-0.15, -0.1) is 0 Å². The Hall–Kier alpha value is -3.24. The number of halogens is 1. The fourth-order valence-corrected chi connectivity index (χ4v) is 3.34. The van der Waals surface area contributed by atoms with Crippen LogP contribution in [0.3, 0.4) is 0 Å². The van der Waals surface area contributed by atoms with Crippen molar-refractivity contribution >= 4 is 22.6 Å². The molecule has 0 atom stereocenters. The molecule has 0 bridgehead atoms. The zero-order valence-electron chi connectivity index (χ0n) is 16.1. The normalized spacial score (nSPS) is 10.9. The molecular weight excluding hydrogens is 388 g/mol. The number of ether oxygens (including phenoxy) is 2. The summed E-state index contributed by atoms with van der Waals surface area (Å²) >= 11 is 6.06. The highest BCUT2D eigenvalue weighted by Gasteiger charge is 2.18. The molecule has 0 amide bonds. The van der Waals surface area contributed by atoms with Gasteiger partial charge >= 0.3 is 0 Å². The molecule has 0 saturated heterocycles. The van der Waals surface area contributed by atoms with E-state index in [1.165, 1.54) is 0 Å². The second-order valence-electron chi connectivity index (χ2n) is 6.74.